The molecule has 3 rings (SSSR count). The summed E-state index contributed by atoms with van der Waals surface area (Å²) in [6.45, 7) is 2.45. The van der Waals surface area contributed by atoms with E-state index in [0.29, 0.717) is 19.6 Å². The lowest BCUT2D eigenvalue weighted by Crippen LogP contribution is -2.33. The summed E-state index contributed by atoms with van der Waals surface area (Å²) < 4.78 is 49.0. The van der Waals surface area contributed by atoms with Crippen LogP contribution in [0, 0.1) is 0 Å². The molecule has 1 aromatic heterocycles. The first-order valence-electron chi connectivity index (χ1n) is 7.69. The second-order valence-corrected chi connectivity index (χ2v) is 5.51. The summed E-state index contributed by atoms with van der Waals surface area (Å²) in [4.78, 5) is 0. The topological polar surface area (TPSA) is 59.2 Å². The lowest BCUT2D eigenvalue weighted by Gasteiger charge is -2.21. The Morgan fingerprint density at radius 2 is 2.17 bits per heavy atom. The highest BCUT2D eigenvalue weighted by Crippen LogP contribution is 2.31. The largest absolute Gasteiger partial charge is 0.493 e. The summed E-state index contributed by atoms with van der Waals surface area (Å²) in [6, 6.07) is 6.76. The Morgan fingerprint density at radius 1 is 1.29 bits per heavy atom. The number of morpholine rings is 1. The predicted molar refractivity (Wildman–Crippen MR) is 80.8 cm³/mol. The summed E-state index contributed by atoms with van der Waals surface area (Å²) in [5.74, 6) is 0.198. The molecule has 0 amide bonds. The molecule has 5 nitrogen and oxygen atoms in total. The number of hydrogen-bond acceptors (Lipinski definition) is 4. The molecule has 0 spiro atoms. The van der Waals surface area contributed by atoms with Gasteiger partial charge in [0.2, 0.25) is 0 Å². The van der Waals surface area contributed by atoms with Crippen LogP contribution in [0.1, 0.15) is 23.1 Å². The van der Waals surface area contributed by atoms with E-state index in [0.717, 1.165) is 30.1 Å². The summed E-state index contributed by atoms with van der Waals surface area (Å²) in [6.07, 6.45) is -3.93. The highest BCUT2D eigenvalue weighted by molar-refractivity contribution is 5.30. The number of alkyl halides is 3. The predicted octanol–water partition coefficient (Wildman–Crippen LogP) is 2.71. The van der Waals surface area contributed by atoms with Gasteiger partial charge in [-0.3, -0.25) is 5.10 Å². The molecule has 1 atom stereocenters. The van der Waals surface area contributed by atoms with Crippen molar-refractivity contribution >= 4 is 0 Å². The van der Waals surface area contributed by atoms with Crippen LogP contribution in [0.25, 0.3) is 0 Å². The number of rotatable bonds is 5. The number of H-pyrrole nitrogens is 1. The minimum absolute atomic E-state index is 0.0758. The van der Waals surface area contributed by atoms with Crippen molar-refractivity contribution in [3.63, 3.8) is 0 Å². The van der Waals surface area contributed by atoms with E-state index in [9.17, 15) is 13.2 Å². The van der Waals surface area contributed by atoms with Crippen molar-refractivity contribution in [3.8, 4) is 5.75 Å². The van der Waals surface area contributed by atoms with E-state index in [-0.39, 0.29) is 18.5 Å². The van der Waals surface area contributed by atoms with Crippen LogP contribution in [0.5, 0.6) is 5.75 Å². The zero-order valence-electron chi connectivity index (χ0n) is 12.9. The second kappa shape index (κ2) is 7.23. The average Bonchev–Trinajstić information content (AvgIpc) is 3.04. The van der Waals surface area contributed by atoms with Crippen LogP contribution in [0.4, 0.5) is 13.2 Å². The molecule has 1 aliphatic rings. The molecule has 1 saturated heterocycles. The summed E-state index contributed by atoms with van der Waals surface area (Å²) >= 11 is 0. The highest BCUT2D eigenvalue weighted by Gasteiger charge is 2.30. The Morgan fingerprint density at radius 3 is 2.92 bits per heavy atom. The van der Waals surface area contributed by atoms with Crippen molar-refractivity contribution in [3.05, 3.63) is 47.3 Å². The Labute approximate surface area is 137 Å². The van der Waals surface area contributed by atoms with Gasteiger partial charge in [-0.1, -0.05) is 6.07 Å². The number of benzene rings is 1. The zero-order chi connectivity index (χ0) is 17.0. The third-order valence-electron chi connectivity index (χ3n) is 3.71. The van der Waals surface area contributed by atoms with Crippen molar-refractivity contribution in [2.75, 3.05) is 26.3 Å². The van der Waals surface area contributed by atoms with Crippen LogP contribution in [0.15, 0.2) is 30.3 Å². The highest BCUT2D eigenvalue weighted by atomic mass is 19.4. The molecule has 1 aromatic carbocycles. The summed E-state index contributed by atoms with van der Waals surface area (Å²) in [5.41, 5.74) is 0.952. The molecule has 0 aliphatic carbocycles. The minimum atomic E-state index is -4.37. The van der Waals surface area contributed by atoms with Crippen molar-refractivity contribution in [2.45, 2.75) is 18.7 Å². The number of halogens is 3. The van der Waals surface area contributed by atoms with Crippen molar-refractivity contribution in [2.24, 2.45) is 0 Å². The number of ether oxygens (including phenoxy) is 2. The third-order valence-corrected chi connectivity index (χ3v) is 3.71. The van der Waals surface area contributed by atoms with Crippen LogP contribution < -0.4 is 10.1 Å². The first-order chi connectivity index (χ1) is 11.5. The molecular formula is C16H18F3N3O2. The normalized spacial score (nSPS) is 18.5. The van der Waals surface area contributed by atoms with Crippen LogP contribution in [-0.2, 0) is 17.3 Å². The molecule has 0 bridgehead atoms. The molecule has 1 fully saturated rings. The van der Waals surface area contributed by atoms with Gasteiger partial charge in [-0.25, -0.2) is 0 Å². The molecule has 2 aromatic rings. The van der Waals surface area contributed by atoms with Gasteiger partial charge in [-0.2, -0.15) is 18.3 Å². The van der Waals surface area contributed by atoms with Gasteiger partial charge in [-0.05, 0) is 24.3 Å². The molecule has 130 valence electrons. The van der Waals surface area contributed by atoms with Crippen LogP contribution in [0.3, 0.4) is 0 Å². The fourth-order valence-electron chi connectivity index (χ4n) is 2.47. The van der Waals surface area contributed by atoms with E-state index in [1.807, 2.05) is 6.07 Å². The van der Waals surface area contributed by atoms with Crippen molar-refractivity contribution < 1.29 is 22.6 Å². The van der Waals surface area contributed by atoms with Gasteiger partial charge in [0.25, 0.3) is 0 Å². The van der Waals surface area contributed by atoms with Crippen LogP contribution in [-0.4, -0.2) is 36.5 Å². The fourth-order valence-corrected chi connectivity index (χ4v) is 2.47. The van der Waals surface area contributed by atoms with Gasteiger partial charge in [0.15, 0.2) is 0 Å². The monoisotopic (exact) mass is 341 g/mol. The molecule has 8 heteroatoms. The summed E-state index contributed by atoms with van der Waals surface area (Å²) in [5, 5.41) is 10.4. The Hall–Kier alpha value is -2.06. The standard InChI is InChI=1S/C16H18F3N3O2/c17-16(18,19)11-2-1-3-13(8-11)23-6-4-12-9-14(22-21-12)15-10-20-5-7-24-15/h1-3,8-9,15,20H,4-7,10H2,(H,21,22). The van der Waals surface area contributed by atoms with Gasteiger partial charge >= 0.3 is 6.18 Å². The number of aromatic amines is 1. The average molecular weight is 341 g/mol. The summed E-state index contributed by atoms with van der Waals surface area (Å²) in [7, 11) is 0. The lowest BCUT2D eigenvalue weighted by atomic mass is 10.2. The Kier molecular flexibility index (Phi) is 5.06. The van der Waals surface area contributed by atoms with Gasteiger partial charge in [0.1, 0.15) is 11.9 Å². The first kappa shape index (κ1) is 16.8. The second-order valence-electron chi connectivity index (χ2n) is 5.51. The Bertz CT molecular complexity index is 667. The number of nitrogens with one attached hydrogen (secondary N) is 2. The zero-order valence-corrected chi connectivity index (χ0v) is 12.9. The van der Waals surface area contributed by atoms with Crippen LogP contribution >= 0.6 is 0 Å². The minimum Gasteiger partial charge on any atom is -0.493 e. The van der Waals surface area contributed by atoms with Gasteiger partial charge in [0.05, 0.1) is 24.5 Å². The smallest absolute Gasteiger partial charge is 0.416 e. The number of aromatic nitrogens is 2. The molecular weight excluding hydrogens is 323 g/mol. The fraction of sp³-hybridized carbons (Fsp3) is 0.438. The number of hydrogen-bond donors (Lipinski definition) is 2. The first-order valence-corrected chi connectivity index (χ1v) is 7.69. The maximum absolute atomic E-state index is 12.6. The van der Waals surface area contributed by atoms with E-state index in [4.69, 9.17) is 9.47 Å². The molecule has 24 heavy (non-hydrogen) atoms. The van der Waals surface area contributed by atoms with Crippen molar-refractivity contribution in [1.82, 2.24) is 15.5 Å². The molecule has 0 saturated carbocycles. The van der Waals surface area contributed by atoms with Crippen LogP contribution in [0.2, 0.25) is 0 Å². The molecule has 1 aliphatic heterocycles. The SMILES string of the molecule is FC(F)(F)c1cccc(OCCc2cc(C3CNCCO3)n[nH]2)c1. The van der Waals surface area contributed by atoms with Gasteiger partial charge in [-0.15, -0.1) is 0 Å². The quantitative estimate of drug-likeness (QED) is 0.878. The maximum atomic E-state index is 12.6. The van der Waals surface area contributed by atoms with E-state index in [1.165, 1.54) is 12.1 Å². The molecule has 2 heterocycles. The maximum Gasteiger partial charge on any atom is 0.416 e. The van der Waals surface area contributed by atoms with E-state index >= 15 is 0 Å². The van der Waals surface area contributed by atoms with E-state index in [1.54, 1.807) is 0 Å². The molecule has 2 N–H and O–H groups in total. The van der Waals surface area contributed by atoms with Gasteiger partial charge < -0.3 is 14.8 Å². The van der Waals surface area contributed by atoms with Crippen molar-refractivity contribution in [1.29, 1.82) is 0 Å². The molecule has 1 unspecified atom stereocenters. The lowest BCUT2D eigenvalue weighted by molar-refractivity contribution is -0.137. The van der Waals surface area contributed by atoms with Gasteiger partial charge in [0, 0.05) is 25.2 Å². The van der Waals surface area contributed by atoms with E-state index < -0.39 is 11.7 Å². The number of nitrogens with zero attached hydrogens (tertiary/aromatic N) is 1. The van der Waals surface area contributed by atoms with E-state index in [2.05, 4.69) is 15.5 Å². The third kappa shape index (κ3) is 4.27. The Balaban J connectivity index is 1.52. The molecule has 0 radical (unpaired) electrons.